The van der Waals surface area contributed by atoms with Crippen molar-refractivity contribution in [3.63, 3.8) is 0 Å². The van der Waals surface area contributed by atoms with Gasteiger partial charge >= 0.3 is 0 Å². The Kier molecular flexibility index (Phi) is 4.63. The molecule has 1 N–H and O–H groups in total. The first-order chi connectivity index (χ1) is 9.14. The van der Waals surface area contributed by atoms with Crippen LogP contribution < -0.4 is 5.32 Å². The van der Waals surface area contributed by atoms with Gasteiger partial charge in [0.05, 0.1) is 6.54 Å². The van der Waals surface area contributed by atoms with E-state index in [1.165, 1.54) is 25.1 Å². The fourth-order valence-electron chi connectivity index (χ4n) is 3.08. The van der Waals surface area contributed by atoms with E-state index in [9.17, 15) is 0 Å². The summed E-state index contributed by atoms with van der Waals surface area (Å²) in [6.07, 6.45) is 7.51. The van der Waals surface area contributed by atoms with Crippen molar-refractivity contribution in [2.24, 2.45) is 7.05 Å². The molecule has 0 bridgehead atoms. The van der Waals surface area contributed by atoms with E-state index in [0.29, 0.717) is 6.04 Å². The van der Waals surface area contributed by atoms with Crippen molar-refractivity contribution >= 4 is 0 Å². The van der Waals surface area contributed by atoms with Gasteiger partial charge in [-0.05, 0) is 19.3 Å². The van der Waals surface area contributed by atoms with Gasteiger partial charge in [-0.2, -0.15) is 0 Å². The maximum Gasteiger partial charge on any atom is 0.122 e. The van der Waals surface area contributed by atoms with E-state index < -0.39 is 0 Å². The number of nitrogens with zero attached hydrogens (tertiary/aromatic N) is 3. The molecular weight excluding hydrogens is 236 g/mol. The molecule has 1 unspecified atom stereocenters. The van der Waals surface area contributed by atoms with E-state index in [1.54, 1.807) is 0 Å². The highest BCUT2D eigenvalue weighted by atomic mass is 15.3. The topological polar surface area (TPSA) is 33.1 Å². The largest absolute Gasteiger partial charge is 0.337 e. The Morgan fingerprint density at radius 3 is 2.63 bits per heavy atom. The number of hydrogen-bond donors (Lipinski definition) is 1. The van der Waals surface area contributed by atoms with Gasteiger partial charge in [0.2, 0.25) is 0 Å². The summed E-state index contributed by atoms with van der Waals surface area (Å²) in [6.45, 7) is 10.1. The number of piperazine rings is 1. The van der Waals surface area contributed by atoms with Gasteiger partial charge in [-0.15, -0.1) is 0 Å². The zero-order valence-corrected chi connectivity index (χ0v) is 12.8. The molecule has 4 heteroatoms. The molecule has 1 aromatic rings. The van der Waals surface area contributed by atoms with Crippen LogP contribution in [0.2, 0.25) is 0 Å². The Morgan fingerprint density at radius 2 is 2.11 bits per heavy atom. The van der Waals surface area contributed by atoms with Crippen molar-refractivity contribution in [2.75, 3.05) is 13.1 Å². The maximum atomic E-state index is 4.48. The van der Waals surface area contributed by atoms with Gasteiger partial charge in [0, 0.05) is 44.1 Å². The fourth-order valence-corrected chi connectivity index (χ4v) is 3.08. The molecule has 0 radical (unpaired) electrons. The summed E-state index contributed by atoms with van der Waals surface area (Å²) in [5.41, 5.74) is 0.289. The number of imidazole rings is 1. The van der Waals surface area contributed by atoms with E-state index >= 15 is 0 Å². The number of rotatable bonds is 5. The van der Waals surface area contributed by atoms with Crippen LogP contribution in [0.1, 0.15) is 45.9 Å². The highest BCUT2D eigenvalue weighted by Crippen LogP contribution is 2.24. The average Bonchev–Trinajstić information content (AvgIpc) is 2.84. The SMILES string of the molecule is CCC1CNC(CC)(CC)CN1Cc1nccn1C. The third kappa shape index (κ3) is 3.00. The Bertz CT molecular complexity index is 395. The lowest BCUT2D eigenvalue weighted by Crippen LogP contribution is -2.63. The minimum Gasteiger partial charge on any atom is -0.337 e. The fraction of sp³-hybridized carbons (Fsp3) is 0.800. The third-order valence-corrected chi connectivity index (χ3v) is 4.83. The Labute approximate surface area is 117 Å². The van der Waals surface area contributed by atoms with E-state index in [4.69, 9.17) is 0 Å². The summed E-state index contributed by atoms with van der Waals surface area (Å²) in [7, 11) is 2.08. The van der Waals surface area contributed by atoms with Crippen LogP contribution in [0.4, 0.5) is 0 Å². The van der Waals surface area contributed by atoms with Crippen molar-refractivity contribution in [2.45, 2.75) is 58.2 Å². The third-order valence-electron chi connectivity index (χ3n) is 4.83. The van der Waals surface area contributed by atoms with E-state index in [2.05, 4.69) is 47.6 Å². The van der Waals surface area contributed by atoms with Gasteiger partial charge in [0.1, 0.15) is 5.82 Å². The maximum absolute atomic E-state index is 4.48. The summed E-state index contributed by atoms with van der Waals surface area (Å²) >= 11 is 0. The standard InChI is InChI=1S/C15H28N4/c1-5-13-10-17-15(6-2,7-3)12-19(13)11-14-16-8-9-18(14)4/h8-9,13,17H,5-7,10-12H2,1-4H3. The average molecular weight is 264 g/mol. The van der Waals surface area contributed by atoms with Gasteiger partial charge in [-0.3, -0.25) is 4.90 Å². The highest BCUT2D eigenvalue weighted by molar-refractivity contribution is 4.99. The minimum absolute atomic E-state index is 0.289. The summed E-state index contributed by atoms with van der Waals surface area (Å²) in [5, 5.41) is 3.79. The smallest absolute Gasteiger partial charge is 0.122 e. The number of aryl methyl sites for hydroxylation is 1. The molecule has 0 spiro atoms. The predicted octanol–water partition coefficient (Wildman–Crippen LogP) is 2.16. The molecule has 0 aliphatic carbocycles. The molecule has 1 saturated heterocycles. The number of nitrogens with one attached hydrogen (secondary N) is 1. The van der Waals surface area contributed by atoms with Gasteiger partial charge in [-0.1, -0.05) is 20.8 Å². The van der Waals surface area contributed by atoms with E-state index in [0.717, 1.165) is 19.6 Å². The second-order valence-electron chi connectivity index (χ2n) is 5.79. The Balaban J connectivity index is 2.12. The van der Waals surface area contributed by atoms with Crippen LogP contribution in [0.25, 0.3) is 0 Å². The molecule has 1 aromatic heterocycles. The number of hydrogen-bond acceptors (Lipinski definition) is 3. The molecule has 0 saturated carbocycles. The van der Waals surface area contributed by atoms with Crippen LogP contribution in [0, 0.1) is 0 Å². The van der Waals surface area contributed by atoms with Crippen LogP contribution in [0.15, 0.2) is 12.4 Å². The lowest BCUT2D eigenvalue weighted by molar-refractivity contribution is 0.0616. The van der Waals surface area contributed by atoms with Gasteiger partial charge in [-0.25, -0.2) is 4.98 Å². The lowest BCUT2D eigenvalue weighted by Gasteiger charge is -2.47. The molecular formula is C15H28N4. The van der Waals surface area contributed by atoms with Crippen molar-refractivity contribution < 1.29 is 0 Å². The van der Waals surface area contributed by atoms with Crippen LogP contribution in [0.3, 0.4) is 0 Å². The Morgan fingerprint density at radius 1 is 1.37 bits per heavy atom. The van der Waals surface area contributed by atoms with E-state index in [-0.39, 0.29) is 5.54 Å². The van der Waals surface area contributed by atoms with Gasteiger partial charge < -0.3 is 9.88 Å². The number of aromatic nitrogens is 2. The second kappa shape index (κ2) is 6.06. The first-order valence-corrected chi connectivity index (χ1v) is 7.59. The van der Waals surface area contributed by atoms with Crippen LogP contribution in [-0.4, -0.2) is 39.1 Å². The lowest BCUT2D eigenvalue weighted by atomic mass is 9.88. The Hall–Kier alpha value is -0.870. The monoisotopic (exact) mass is 264 g/mol. The first kappa shape index (κ1) is 14.5. The van der Waals surface area contributed by atoms with Crippen LogP contribution in [0.5, 0.6) is 0 Å². The second-order valence-corrected chi connectivity index (χ2v) is 5.79. The van der Waals surface area contributed by atoms with Gasteiger partial charge in [0.25, 0.3) is 0 Å². The highest BCUT2D eigenvalue weighted by Gasteiger charge is 2.36. The molecule has 19 heavy (non-hydrogen) atoms. The molecule has 1 aliphatic rings. The molecule has 4 nitrogen and oxygen atoms in total. The van der Waals surface area contributed by atoms with Crippen LogP contribution >= 0.6 is 0 Å². The zero-order valence-electron chi connectivity index (χ0n) is 12.8. The summed E-state index contributed by atoms with van der Waals surface area (Å²) in [6, 6.07) is 0.628. The molecule has 2 rings (SSSR count). The normalized spacial score (nSPS) is 23.7. The summed E-state index contributed by atoms with van der Waals surface area (Å²) in [5.74, 6) is 1.17. The van der Waals surface area contributed by atoms with Gasteiger partial charge in [0.15, 0.2) is 0 Å². The summed E-state index contributed by atoms with van der Waals surface area (Å²) < 4.78 is 2.13. The van der Waals surface area contributed by atoms with Crippen molar-refractivity contribution in [3.8, 4) is 0 Å². The molecule has 108 valence electrons. The quantitative estimate of drug-likeness (QED) is 0.885. The van der Waals surface area contributed by atoms with Crippen molar-refractivity contribution in [1.82, 2.24) is 19.8 Å². The van der Waals surface area contributed by atoms with E-state index in [1.807, 2.05) is 12.4 Å². The molecule has 1 atom stereocenters. The first-order valence-electron chi connectivity index (χ1n) is 7.59. The van der Waals surface area contributed by atoms with Crippen molar-refractivity contribution in [1.29, 1.82) is 0 Å². The molecule has 0 amide bonds. The van der Waals surface area contributed by atoms with Crippen molar-refractivity contribution in [3.05, 3.63) is 18.2 Å². The molecule has 1 fully saturated rings. The van der Waals surface area contributed by atoms with Crippen LogP contribution in [-0.2, 0) is 13.6 Å². The minimum atomic E-state index is 0.289. The zero-order chi connectivity index (χ0) is 13.9. The summed E-state index contributed by atoms with van der Waals surface area (Å²) in [4.78, 5) is 7.10. The predicted molar refractivity (Wildman–Crippen MR) is 79.0 cm³/mol. The molecule has 2 heterocycles. The molecule has 1 aliphatic heterocycles. The molecule has 0 aromatic carbocycles.